The smallest absolute Gasteiger partial charge is 0.171 e. The fourth-order valence-electron chi connectivity index (χ4n) is 0.437. The molecule has 8 heavy (non-hydrogen) atoms. The Balaban J connectivity index is 2.57. The molecular formula is C3H6N2OS2. The summed E-state index contributed by atoms with van der Waals surface area (Å²) in [5.74, 6) is 0.929. The molecule has 0 fully saturated rings. The minimum Gasteiger partial charge on any atom is -0.268 e. The van der Waals surface area contributed by atoms with Crippen molar-refractivity contribution in [3.63, 3.8) is 0 Å². The second-order valence-corrected chi connectivity index (χ2v) is 3.62. The molecule has 0 radical (unpaired) electrons. The predicted molar refractivity (Wildman–Crippen MR) is 37.1 cm³/mol. The lowest BCUT2D eigenvalue weighted by atomic mass is 10.8. The Morgan fingerprint density at radius 1 is 1.88 bits per heavy atom. The molecule has 0 saturated heterocycles. The summed E-state index contributed by atoms with van der Waals surface area (Å²) in [5, 5.41) is 5.02. The molecule has 1 aliphatic rings. The Kier molecular flexibility index (Phi) is 2.04. The zero-order chi connectivity index (χ0) is 5.98. The van der Waals surface area contributed by atoms with E-state index < -0.39 is 11.0 Å². The van der Waals surface area contributed by atoms with Crippen molar-refractivity contribution in [3.05, 3.63) is 0 Å². The summed E-state index contributed by atoms with van der Waals surface area (Å²) in [5.41, 5.74) is 0. The Morgan fingerprint density at radius 2 is 2.62 bits per heavy atom. The van der Waals surface area contributed by atoms with Crippen LogP contribution < -0.4 is 5.14 Å². The van der Waals surface area contributed by atoms with Crippen LogP contribution in [0.25, 0.3) is 0 Å². The van der Waals surface area contributed by atoms with Gasteiger partial charge >= 0.3 is 0 Å². The Hall–Kier alpha value is 0.130. The van der Waals surface area contributed by atoms with Gasteiger partial charge in [0.25, 0.3) is 0 Å². The standard InChI is InChI=1S/C3H6N2OS2/c4-8(6)3-5-1-2-7-3/h1-2,4H2. The molecule has 1 rings (SSSR count). The highest BCUT2D eigenvalue weighted by Gasteiger charge is 2.09. The van der Waals surface area contributed by atoms with Gasteiger partial charge in [0.05, 0.1) is 6.54 Å². The number of hydrogen-bond acceptors (Lipinski definition) is 3. The average Bonchev–Trinajstić information content (AvgIpc) is 2.12. The maximum absolute atomic E-state index is 10.4. The van der Waals surface area contributed by atoms with Crippen molar-refractivity contribution in [2.45, 2.75) is 0 Å². The largest absolute Gasteiger partial charge is 0.268 e. The summed E-state index contributed by atoms with van der Waals surface area (Å²) in [6.07, 6.45) is 0. The molecule has 3 nitrogen and oxygen atoms in total. The fraction of sp³-hybridized carbons (Fsp3) is 0.667. The van der Waals surface area contributed by atoms with Crippen molar-refractivity contribution in [2.75, 3.05) is 12.3 Å². The molecule has 0 aromatic heterocycles. The van der Waals surface area contributed by atoms with Crippen LogP contribution in [0.5, 0.6) is 0 Å². The van der Waals surface area contributed by atoms with Crippen molar-refractivity contribution in [2.24, 2.45) is 10.1 Å². The monoisotopic (exact) mass is 150 g/mol. The number of aliphatic imine (C=N–C) groups is 1. The molecule has 46 valence electrons. The first-order chi connectivity index (χ1) is 3.80. The van der Waals surface area contributed by atoms with Crippen LogP contribution >= 0.6 is 11.8 Å². The van der Waals surface area contributed by atoms with Crippen LogP contribution in [0.2, 0.25) is 0 Å². The fourth-order valence-corrected chi connectivity index (χ4v) is 1.91. The van der Waals surface area contributed by atoms with Crippen molar-refractivity contribution in [3.8, 4) is 0 Å². The highest BCUT2D eigenvalue weighted by molar-refractivity contribution is 8.32. The van der Waals surface area contributed by atoms with E-state index in [9.17, 15) is 4.21 Å². The molecule has 0 amide bonds. The lowest BCUT2D eigenvalue weighted by Gasteiger charge is -1.86. The van der Waals surface area contributed by atoms with E-state index in [1.54, 1.807) is 0 Å². The van der Waals surface area contributed by atoms with E-state index >= 15 is 0 Å². The minimum absolute atomic E-state index is 0.588. The molecule has 0 bridgehead atoms. The van der Waals surface area contributed by atoms with Gasteiger partial charge in [-0.3, -0.25) is 4.99 Å². The maximum atomic E-state index is 10.4. The van der Waals surface area contributed by atoms with E-state index in [4.69, 9.17) is 5.14 Å². The quantitative estimate of drug-likeness (QED) is 0.516. The molecular weight excluding hydrogens is 144 g/mol. The molecule has 0 aromatic carbocycles. The highest BCUT2D eigenvalue weighted by Crippen LogP contribution is 2.11. The Bertz CT molecular complexity index is 144. The summed E-state index contributed by atoms with van der Waals surface area (Å²) in [7, 11) is -1.33. The van der Waals surface area contributed by atoms with E-state index in [1.807, 2.05) is 0 Å². The number of hydrogen-bond donors (Lipinski definition) is 1. The number of rotatable bonds is 0. The van der Waals surface area contributed by atoms with Crippen LogP contribution in [0.3, 0.4) is 0 Å². The Labute approximate surface area is 54.3 Å². The van der Waals surface area contributed by atoms with Gasteiger partial charge in [0.2, 0.25) is 0 Å². The van der Waals surface area contributed by atoms with E-state index in [1.165, 1.54) is 11.8 Å². The predicted octanol–water partition coefficient (Wildman–Crippen LogP) is -0.288. The summed E-state index contributed by atoms with van der Waals surface area (Å²) < 4.78 is 11.0. The number of nitrogens with two attached hydrogens (primary N) is 1. The maximum Gasteiger partial charge on any atom is 0.171 e. The van der Waals surface area contributed by atoms with Crippen molar-refractivity contribution < 1.29 is 4.21 Å². The normalized spacial score (nSPS) is 22.9. The van der Waals surface area contributed by atoms with Crippen molar-refractivity contribution in [1.29, 1.82) is 0 Å². The van der Waals surface area contributed by atoms with E-state index in [-0.39, 0.29) is 0 Å². The van der Waals surface area contributed by atoms with Crippen molar-refractivity contribution in [1.82, 2.24) is 0 Å². The highest BCUT2D eigenvalue weighted by atomic mass is 32.2. The summed E-state index contributed by atoms with van der Waals surface area (Å²) >= 11 is 1.48. The van der Waals surface area contributed by atoms with Gasteiger partial charge in [-0.05, 0) is 0 Å². The van der Waals surface area contributed by atoms with Crippen LogP contribution in [0.15, 0.2) is 4.99 Å². The third-order valence-electron chi connectivity index (χ3n) is 0.730. The molecule has 0 spiro atoms. The van der Waals surface area contributed by atoms with Crippen LogP contribution in [-0.2, 0) is 11.0 Å². The zero-order valence-electron chi connectivity index (χ0n) is 4.16. The van der Waals surface area contributed by atoms with Crippen LogP contribution in [0.1, 0.15) is 0 Å². The van der Waals surface area contributed by atoms with E-state index in [0.29, 0.717) is 4.38 Å². The average molecular weight is 150 g/mol. The van der Waals surface area contributed by atoms with Gasteiger partial charge in [0.1, 0.15) is 11.0 Å². The van der Waals surface area contributed by atoms with Gasteiger partial charge in [0.15, 0.2) is 4.38 Å². The first kappa shape index (κ1) is 6.25. The SMILES string of the molecule is NS(=O)C1=NCCS1. The van der Waals surface area contributed by atoms with Crippen molar-refractivity contribution >= 4 is 27.1 Å². The lowest BCUT2D eigenvalue weighted by Crippen LogP contribution is -2.09. The van der Waals surface area contributed by atoms with Gasteiger partial charge in [-0.2, -0.15) is 0 Å². The Morgan fingerprint density at radius 3 is 2.88 bits per heavy atom. The lowest BCUT2D eigenvalue weighted by molar-refractivity contribution is 0.691. The minimum atomic E-state index is -1.33. The molecule has 2 N–H and O–H groups in total. The topological polar surface area (TPSA) is 55.5 Å². The van der Waals surface area contributed by atoms with Gasteiger partial charge in [-0.1, -0.05) is 11.8 Å². The molecule has 0 saturated carbocycles. The molecule has 0 aliphatic carbocycles. The molecule has 1 heterocycles. The van der Waals surface area contributed by atoms with Gasteiger partial charge in [-0.25, -0.2) is 9.35 Å². The second-order valence-electron chi connectivity index (χ2n) is 1.29. The van der Waals surface area contributed by atoms with Crippen LogP contribution in [0.4, 0.5) is 0 Å². The van der Waals surface area contributed by atoms with Gasteiger partial charge in [-0.15, -0.1) is 0 Å². The first-order valence-electron chi connectivity index (χ1n) is 2.14. The van der Waals surface area contributed by atoms with Crippen LogP contribution in [-0.4, -0.2) is 20.9 Å². The number of nitrogens with zero attached hydrogens (tertiary/aromatic N) is 1. The van der Waals surface area contributed by atoms with E-state index in [0.717, 1.165) is 12.3 Å². The van der Waals surface area contributed by atoms with Gasteiger partial charge in [0, 0.05) is 5.75 Å². The third kappa shape index (κ3) is 1.30. The first-order valence-corrected chi connectivity index (χ1v) is 4.34. The number of thioether (sulfide) groups is 1. The summed E-state index contributed by atoms with van der Waals surface area (Å²) in [6.45, 7) is 0.767. The third-order valence-corrected chi connectivity index (χ3v) is 2.81. The molecule has 1 aliphatic heterocycles. The molecule has 1 unspecified atom stereocenters. The summed E-state index contributed by atoms with van der Waals surface area (Å²) in [4.78, 5) is 3.89. The second kappa shape index (κ2) is 2.61. The molecule has 1 atom stereocenters. The van der Waals surface area contributed by atoms with E-state index in [2.05, 4.69) is 4.99 Å². The zero-order valence-corrected chi connectivity index (χ0v) is 5.80. The molecule has 0 aromatic rings. The summed E-state index contributed by atoms with van der Waals surface area (Å²) in [6, 6.07) is 0. The molecule has 5 heteroatoms. The van der Waals surface area contributed by atoms with Crippen LogP contribution in [0, 0.1) is 0 Å². The van der Waals surface area contributed by atoms with Gasteiger partial charge < -0.3 is 0 Å².